The van der Waals surface area contributed by atoms with Crippen molar-refractivity contribution in [2.24, 2.45) is 0 Å². The quantitative estimate of drug-likeness (QED) is 0.426. The van der Waals surface area contributed by atoms with Gasteiger partial charge >= 0.3 is 0 Å². The number of rotatable bonds is 4. The van der Waals surface area contributed by atoms with Crippen molar-refractivity contribution in [2.75, 3.05) is 26.2 Å². The fraction of sp³-hybridized carbons (Fsp3) is 0.318. The Morgan fingerprint density at radius 3 is 2.12 bits per heavy atom. The zero-order chi connectivity index (χ0) is 16.7. The van der Waals surface area contributed by atoms with Gasteiger partial charge < -0.3 is 21.5 Å². The first-order valence-electron chi connectivity index (χ1n) is 8.75. The number of ketones is 1. The van der Waals surface area contributed by atoms with E-state index in [1.165, 1.54) is 19.3 Å². The Labute approximate surface area is 161 Å². The Bertz CT molecular complexity index is 725. The van der Waals surface area contributed by atoms with E-state index in [4.69, 9.17) is 0 Å². The number of benzene rings is 2. The minimum Gasteiger partial charge on any atom is -1.00 e. The maximum atomic E-state index is 12.7. The van der Waals surface area contributed by atoms with Crippen molar-refractivity contribution in [1.82, 2.24) is 0 Å². The highest BCUT2D eigenvalue weighted by atomic mass is 79.9. The van der Waals surface area contributed by atoms with Crippen molar-refractivity contribution in [3.8, 4) is 11.8 Å². The summed E-state index contributed by atoms with van der Waals surface area (Å²) in [7, 11) is 0. The summed E-state index contributed by atoms with van der Waals surface area (Å²) in [6, 6.07) is 19.7. The average molecular weight is 398 g/mol. The van der Waals surface area contributed by atoms with Gasteiger partial charge in [0.1, 0.15) is 13.1 Å². The molecule has 1 saturated heterocycles. The van der Waals surface area contributed by atoms with E-state index in [-0.39, 0.29) is 22.8 Å². The van der Waals surface area contributed by atoms with Crippen LogP contribution in [0.15, 0.2) is 60.7 Å². The maximum absolute atomic E-state index is 12.7. The number of halogens is 1. The van der Waals surface area contributed by atoms with Gasteiger partial charge in [-0.15, -0.1) is 0 Å². The van der Waals surface area contributed by atoms with Crippen LogP contribution in [0.1, 0.15) is 35.2 Å². The van der Waals surface area contributed by atoms with E-state index < -0.39 is 0 Å². The molecule has 0 amide bonds. The molecule has 2 aromatic rings. The molecule has 0 bridgehead atoms. The molecule has 0 atom stereocenters. The zero-order valence-corrected chi connectivity index (χ0v) is 16.0. The summed E-state index contributed by atoms with van der Waals surface area (Å²) < 4.78 is 0.813. The molecule has 0 N–H and O–H groups in total. The number of quaternary nitrogens is 1. The van der Waals surface area contributed by atoms with Crippen LogP contribution < -0.4 is 17.0 Å². The third-order valence-electron chi connectivity index (χ3n) is 4.76. The summed E-state index contributed by atoms with van der Waals surface area (Å²) in [6.07, 6.45) is 3.65. The van der Waals surface area contributed by atoms with Crippen molar-refractivity contribution in [1.29, 1.82) is 0 Å². The predicted molar refractivity (Wildman–Crippen MR) is 97.7 cm³/mol. The summed E-state index contributed by atoms with van der Waals surface area (Å²) in [5.74, 6) is 6.83. The van der Waals surface area contributed by atoms with Crippen LogP contribution in [0.3, 0.4) is 0 Å². The van der Waals surface area contributed by atoms with E-state index in [1.807, 2.05) is 60.7 Å². The smallest absolute Gasteiger partial charge is 0.216 e. The Morgan fingerprint density at radius 1 is 0.880 bits per heavy atom. The normalized spacial score (nSPS) is 15.4. The van der Waals surface area contributed by atoms with Crippen molar-refractivity contribution in [2.45, 2.75) is 19.3 Å². The zero-order valence-electron chi connectivity index (χ0n) is 14.5. The van der Waals surface area contributed by atoms with Gasteiger partial charge in [0.15, 0.2) is 0 Å². The summed E-state index contributed by atoms with van der Waals surface area (Å²) in [5.41, 5.74) is 1.86. The van der Waals surface area contributed by atoms with E-state index in [9.17, 15) is 4.79 Å². The first-order valence-corrected chi connectivity index (χ1v) is 8.75. The van der Waals surface area contributed by atoms with Crippen molar-refractivity contribution >= 4 is 5.78 Å². The Balaban J connectivity index is 0.00000225. The summed E-state index contributed by atoms with van der Waals surface area (Å²) in [6.45, 7) is 3.44. The van der Waals surface area contributed by atoms with E-state index in [2.05, 4.69) is 11.8 Å². The third kappa shape index (κ3) is 5.56. The van der Waals surface area contributed by atoms with Crippen LogP contribution in [-0.2, 0) is 0 Å². The lowest BCUT2D eigenvalue weighted by Gasteiger charge is -2.39. The van der Waals surface area contributed by atoms with Crippen molar-refractivity contribution < 1.29 is 26.3 Å². The first-order chi connectivity index (χ1) is 11.8. The second-order valence-electron chi connectivity index (χ2n) is 6.62. The van der Waals surface area contributed by atoms with Gasteiger partial charge in [-0.3, -0.25) is 4.79 Å². The lowest BCUT2D eigenvalue weighted by Crippen LogP contribution is -3.00. The molecule has 2 nitrogen and oxygen atoms in total. The fourth-order valence-corrected chi connectivity index (χ4v) is 3.41. The number of nitrogens with zero attached hydrogens (tertiary/aromatic N) is 1. The molecule has 1 fully saturated rings. The van der Waals surface area contributed by atoms with Crippen molar-refractivity contribution in [3.05, 3.63) is 71.8 Å². The number of carbonyl (C=O) groups excluding carboxylic acids is 1. The highest BCUT2D eigenvalue weighted by Gasteiger charge is 2.31. The Kier molecular flexibility index (Phi) is 7.43. The molecule has 3 rings (SSSR count). The van der Waals surface area contributed by atoms with Crippen LogP contribution >= 0.6 is 0 Å². The molecule has 0 radical (unpaired) electrons. The molecular formula is C22H24BrNO. The molecule has 25 heavy (non-hydrogen) atoms. The number of carbonyl (C=O) groups is 1. The predicted octanol–water partition coefficient (Wildman–Crippen LogP) is 0.926. The third-order valence-corrected chi connectivity index (χ3v) is 4.76. The second kappa shape index (κ2) is 9.56. The SMILES string of the molecule is O=C(C[N+]1(CC#Cc2ccccc2)CCCCC1)c1ccccc1.[Br-]. The van der Waals surface area contributed by atoms with E-state index in [0.717, 1.165) is 35.2 Å². The minimum absolute atomic E-state index is 0. The first kappa shape index (κ1) is 19.4. The average Bonchev–Trinajstić information content (AvgIpc) is 2.64. The van der Waals surface area contributed by atoms with Gasteiger partial charge in [0.2, 0.25) is 5.78 Å². The molecule has 3 heteroatoms. The van der Waals surface area contributed by atoms with E-state index >= 15 is 0 Å². The van der Waals surface area contributed by atoms with Crippen LogP contribution in [0.5, 0.6) is 0 Å². The van der Waals surface area contributed by atoms with Crippen LogP contribution in [0, 0.1) is 11.8 Å². The van der Waals surface area contributed by atoms with Gasteiger partial charge in [0.25, 0.3) is 0 Å². The molecule has 1 aliphatic heterocycles. The number of likely N-dealkylation sites (tertiary alicyclic amines) is 1. The molecule has 0 saturated carbocycles. The molecule has 0 aromatic heterocycles. The topological polar surface area (TPSA) is 17.1 Å². The molecule has 130 valence electrons. The largest absolute Gasteiger partial charge is 1.00 e. The van der Waals surface area contributed by atoms with Gasteiger partial charge in [-0.2, -0.15) is 0 Å². The number of piperidine rings is 1. The summed E-state index contributed by atoms with van der Waals surface area (Å²) >= 11 is 0. The van der Waals surface area contributed by atoms with Crippen molar-refractivity contribution in [3.63, 3.8) is 0 Å². The van der Waals surface area contributed by atoms with Crippen LogP contribution in [-0.4, -0.2) is 36.4 Å². The van der Waals surface area contributed by atoms with Gasteiger partial charge in [0, 0.05) is 11.1 Å². The van der Waals surface area contributed by atoms with Gasteiger partial charge in [-0.05, 0) is 37.3 Å². The molecule has 1 aliphatic rings. The van der Waals surface area contributed by atoms with Gasteiger partial charge in [-0.1, -0.05) is 54.5 Å². The number of Topliss-reactive ketones (excluding diaryl/α,β-unsaturated/α-hetero) is 1. The molecule has 0 unspecified atom stereocenters. The second-order valence-corrected chi connectivity index (χ2v) is 6.62. The van der Waals surface area contributed by atoms with Crippen LogP contribution in [0.25, 0.3) is 0 Å². The van der Waals surface area contributed by atoms with Crippen LogP contribution in [0.4, 0.5) is 0 Å². The van der Waals surface area contributed by atoms with Gasteiger partial charge in [0.05, 0.1) is 13.1 Å². The van der Waals surface area contributed by atoms with E-state index in [0.29, 0.717) is 6.54 Å². The number of hydrogen-bond donors (Lipinski definition) is 0. The maximum Gasteiger partial charge on any atom is 0.216 e. The molecule has 2 aromatic carbocycles. The minimum atomic E-state index is 0. The highest BCUT2D eigenvalue weighted by molar-refractivity contribution is 5.96. The molecule has 0 aliphatic carbocycles. The standard InChI is InChI=1S/C22H24NO.BrH/c24-22(21-14-6-2-7-15-21)19-23(16-8-3-9-17-23)18-10-13-20-11-4-1-5-12-20;/h1-2,4-7,11-12,14-15H,3,8-9,16-19H2;1H/q+1;/p-1. The van der Waals surface area contributed by atoms with Gasteiger partial charge in [-0.25, -0.2) is 0 Å². The summed E-state index contributed by atoms with van der Waals surface area (Å²) in [5, 5.41) is 0. The Morgan fingerprint density at radius 2 is 1.48 bits per heavy atom. The lowest BCUT2D eigenvalue weighted by molar-refractivity contribution is -0.918. The number of hydrogen-bond acceptors (Lipinski definition) is 1. The molecule has 0 spiro atoms. The lowest BCUT2D eigenvalue weighted by atomic mass is 10.0. The fourth-order valence-electron chi connectivity index (χ4n) is 3.41. The summed E-state index contributed by atoms with van der Waals surface area (Å²) in [4.78, 5) is 12.7. The Hall–Kier alpha value is -1.89. The highest BCUT2D eigenvalue weighted by Crippen LogP contribution is 2.19. The van der Waals surface area contributed by atoms with E-state index in [1.54, 1.807) is 0 Å². The van der Waals surface area contributed by atoms with Crippen LogP contribution in [0.2, 0.25) is 0 Å². The monoisotopic (exact) mass is 397 g/mol. The molecule has 1 heterocycles. The molecular weight excluding hydrogens is 374 g/mol.